The molecule has 0 rings (SSSR count). The molecule has 102 valence electrons. The first kappa shape index (κ1) is 16.4. The van der Waals surface area contributed by atoms with Crippen LogP contribution in [-0.4, -0.2) is 55.0 Å². The molecule has 0 saturated carbocycles. The van der Waals surface area contributed by atoms with Crippen molar-refractivity contribution in [3.05, 3.63) is 0 Å². The molecule has 2 atom stereocenters. The van der Waals surface area contributed by atoms with Crippen molar-refractivity contribution < 1.29 is 4.79 Å². The van der Waals surface area contributed by atoms with Crippen molar-refractivity contribution >= 4 is 5.91 Å². The van der Waals surface area contributed by atoms with E-state index in [1.54, 1.807) is 0 Å². The number of rotatable bonds is 8. The summed E-state index contributed by atoms with van der Waals surface area (Å²) in [5, 5.41) is 0. The number of unbranched alkanes of at least 4 members (excludes halogenated alkanes) is 1. The van der Waals surface area contributed by atoms with Crippen LogP contribution in [0, 0.1) is 0 Å². The molecule has 0 radical (unpaired) electrons. The van der Waals surface area contributed by atoms with Gasteiger partial charge in [-0.1, -0.05) is 19.8 Å². The lowest BCUT2D eigenvalue weighted by molar-refractivity contribution is -0.134. The first-order chi connectivity index (χ1) is 7.93. The van der Waals surface area contributed by atoms with E-state index in [-0.39, 0.29) is 18.0 Å². The summed E-state index contributed by atoms with van der Waals surface area (Å²) in [5.74, 6) is 0.0929. The summed E-state index contributed by atoms with van der Waals surface area (Å²) in [6.45, 7) is 7.81. The summed E-state index contributed by atoms with van der Waals surface area (Å²) < 4.78 is 0. The maximum absolute atomic E-state index is 12.2. The predicted octanol–water partition coefficient (Wildman–Crippen LogP) is 1.30. The van der Waals surface area contributed by atoms with Crippen molar-refractivity contribution in [2.24, 2.45) is 5.73 Å². The van der Waals surface area contributed by atoms with Crippen molar-refractivity contribution in [1.82, 2.24) is 9.80 Å². The highest BCUT2D eigenvalue weighted by molar-refractivity contribution is 5.81. The summed E-state index contributed by atoms with van der Waals surface area (Å²) in [4.78, 5) is 16.2. The first-order valence-corrected chi connectivity index (χ1v) is 6.64. The Kier molecular flexibility index (Phi) is 8.17. The lowest BCUT2D eigenvalue weighted by Gasteiger charge is -2.32. The zero-order chi connectivity index (χ0) is 13.4. The van der Waals surface area contributed by atoms with Crippen LogP contribution in [0.15, 0.2) is 0 Å². The minimum absolute atomic E-state index is 0.0929. The summed E-state index contributed by atoms with van der Waals surface area (Å²) in [5.41, 5.74) is 5.94. The van der Waals surface area contributed by atoms with E-state index in [1.807, 2.05) is 25.9 Å². The molecule has 0 aliphatic carbocycles. The Bertz CT molecular complexity index is 219. The molecule has 1 amide bonds. The average Bonchev–Trinajstić information content (AvgIpc) is 2.25. The molecule has 4 heteroatoms. The number of likely N-dealkylation sites (N-methyl/N-ethyl adjacent to an activating group) is 2. The SMILES string of the molecule is CCCC[C@H](N)C(=O)N(CC)C(C)CN(C)C. The Balaban J connectivity index is 4.37. The van der Waals surface area contributed by atoms with Crippen LogP contribution < -0.4 is 5.73 Å². The average molecular weight is 243 g/mol. The molecule has 0 aromatic carbocycles. The monoisotopic (exact) mass is 243 g/mol. The molecule has 0 aromatic heterocycles. The molecule has 0 saturated heterocycles. The highest BCUT2D eigenvalue weighted by Gasteiger charge is 2.23. The molecular weight excluding hydrogens is 214 g/mol. The van der Waals surface area contributed by atoms with Crippen molar-refractivity contribution in [3.8, 4) is 0 Å². The van der Waals surface area contributed by atoms with Gasteiger partial charge in [-0.2, -0.15) is 0 Å². The zero-order valence-electron chi connectivity index (χ0n) is 12.1. The van der Waals surface area contributed by atoms with Gasteiger partial charge in [-0.05, 0) is 34.4 Å². The van der Waals surface area contributed by atoms with Gasteiger partial charge in [0.1, 0.15) is 0 Å². The van der Waals surface area contributed by atoms with Gasteiger partial charge in [0.25, 0.3) is 0 Å². The van der Waals surface area contributed by atoms with Crippen molar-refractivity contribution in [2.45, 2.75) is 52.1 Å². The van der Waals surface area contributed by atoms with E-state index in [1.165, 1.54) is 0 Å². The minimum atomic E-state index is -0.334. The summed E-state index contributed by atoms with van der Waals surface area (Å²) in [7, 11) is 4.04. The lowest BCUT2D eigenvalue weighted by Crippen LogP contribution is -2.50. The molecule has 0 aliphatic rings. The van der Waals surface area contributed by atoms with Crippen molar-refractivity contribution in [2.75, 3.05) is 27.2 Å². The molecule has 0 aliphatic heterocycles. The smallest absolute Gasteiger partial charge is 0.239 e. The summed E-state index contributed by atoms with van der Waals surface area (Å²) in [6, 6.07) is -0.116. The van der Waals surface area contributed by atoms with E-state index in [9.17, 15) is 4.79 Å². The molecule has 0 aromatic rings. The quantitative estimate of drug-likeness (QED) is 0.699. The molecule has 0 fully saturated rings. The maximum atomic E-state index is 12.2. The number of amides is 1. The Labute approximate surface area is 106 Å². The fourth-order valence-corrected chi connectivity index (χ4v) is 2.07. The van der Waals surface area contributed by atoms with Gasteiger partial charge in [0.15, 0.2) is 0 Å². The largest absolute Gasteiger partial charge is 0.338 e. The lowest BCUT2D eigenvalue weighted by atomic mass is 10.1. The highest BCUT2D eigenvalue weighted by Crippen LogP contribution is 2.07. The van der Waals surface area contributed by atoms with Crippen molar-refractivity contribution in [1.29, 1.82) is 0 Å². The van der Waals surface area contributed by atoms with Crippen LogP contribution in [-0.2, 0) is 4.79 Å². The van der Waals surface area contributed by atoms with E-state index in [0.29, 0.717) is 0 Å². The number of nitrogens with zero attached hydrogens (tertiary/aromatic N) is 2. The molecule has 1 unspecified atom stereocenters. The Morgan fingerprint density at radius 1 is 1.29 bits per heavy atom. The summed E-state index contributed by atoms with van der Waals surface area (Å²) in [6.07, 6.45) is 2.90. The summed E-state index contributed by atoms with van der Waals surface area (Å²) >= 11 is 0. The first-order valence-electron chi connectivity index (χ1n) is 6.64. The molecular formula is C13H29N3O. The van der Waals surface area contributed by atoms with Gasteiger partial charge in [0, 0.05) is 19.1 Å². The molecule has 4 nitrogen and oxygen atoms in total. The number of hydrogen-bond acceptors (Lipinski definition) is 3. The van der Waals surface area contributed by atoms with Gasteiger partial charge in [0.05, 0.1) is 6.04 Å². The number of carbonyl (C=O) groups is 1. The Morgan fingerprint density at radius 3 is 2.29 bits per heavy atom. The third-order valence-corrected chi connectivity index (χ3v) is 2.97. The van der Waals surface area contributed by atoms with E-state index >= 15 is 0 Å². The Morgan fingerprint density at radius 2 is 1.88 bits per heavy atom. The fraction of sp³-hybridized carbons (Fsp3) is 0.923. The van der Waals surface area contributed by atoms with E-state index < -0.39 is 0 Å². The van der Waals surface area contributed by atoms with Gasteiger partial charge in [-0.3, -0.25) is 4.79 Å². The molecule has 0 spiro atoms. The molecule has 0 heterocycles. The van der Waals surface area contributed by atoms with Gasteiger partial charge in [-0.25, -0.2) is 0 Å². The fourth-order valence-electron chi connectivity index (χ4n) is 2.07. The van der Waals surface area contributed by atoms with Crippen LogP contribution in [0.2, 0.25) is 0 Å². The van der Waals surface area contributed by atoms with Crippen LogP contribution in [0.25, 0.3) is 0 Å². The third kappa shape index (κ3) is 6.03. The van der Waals surface area contributed by atoms with Gasteiger partial charge in [0.2, 0.25) is 5.91 Å². The second kappa shape index (κ2) is 8.48. The third-order valence-electron chi connectivity index (χ3n) is 2.97. The van der Waals surface area contributed by atoms with Gasteiger partial charge in [-0.15, -0.1) is 0 Å². The standard InChI is InChI=1S/C13H29N3O/c1-6-8-9-12(14)13(17)16(7-2)11(3)10-15(4)5/h11-12H,6-10,14H2,1-5H3/t11?,12-/m0/s1. The molecule has 17 heavy (non-hydrogen) atoms. The molecule has 2 N–H and O–H groups in total. The second-order valence-electron chi connectivity index (χ2n) is 4.98. The normalized spacial score (nSPS) is 14.8. The van der Waals surface area contributed by atoms with E-state index in [4.69, 9.17) is 5.73 Å². The van der Waals surface area contributed by atoms with Crippen LogP contribution in [0.4, 0.5) is 0 Å². The number of hydrogen-bond donors (Lipinski definition) is 1. The Hall–Kier alpha value is -0.610. The topological polar surface area (TPSA) is 49.6 Å². The van der Waals surface area contributed by atoms with Crippen LogP contribution in [0.3, 0.4) is 0 Å². The van der Waals surface area contributed by atoms with E-state index in [2.05, 4.69) is 18.7 Å². The van der Waals surface area contributed by atoms with Crippen LogP contribution in [0.5, 0.6) is 0 Å². The van der Waals surface area contributed by atoms with E-state index in [0.717, 1.165) is 32.4 Å². The van der Waals surface area contributed by atoms with Gasteiger partial charge >= 0.3 is 0 Å². The minimum Gasteiger partial charge on any atom is -0.338 e. The van der Waals surface area contributed by atoms with Crippen LogP contribution in [0.1, 0.15) is 40.0 Å². The van der Waals surface area contributed by atoms with Crippen LogP contribution >= 0.6 is 0 Å². The highest BCUT2D eigenvalue weighted by atomic mass is 16.2. The predicted molar refractivity (Wildman–Crippen MR) is 72.9 cm³/mol. The zero-order valence-corrected chi connectivity index (χ0v) is 12.1. The maximum Gasteiger partial charge on any atom is 0.239 e. The molecule has 0 bridgehead atoms. The van der Waals surface area contributed by atoms with Gasteiger partial charge < -0.3 is 15.5 Å². The number of nitrogens with two attached hydrogens (primary N) is 1. The van der Waals surface area contributed by atoms with Crippen molar-refractivity contribution in [3.63, 3.8) is 0 Å². The number of carbonyl (C=O) groups excluding carboxylic acids is 1. The second-order valence-corrected chi connectivity index (χ2v) is 4.98.